The summed E-state index contributed by atoms with van der Waals surface area (Å²) in [5.74, 6) is 1.09. The molecule has 218 valence electrons. The van der Waals surface area contributed by atoms with Gasteiger partial charge >= 0.3 is 0 Å². The van der Waals surface area contributed by atoms with Crippen molar-refractivity contribution < 1.29 is 14.3 Å². The van der Waals surface area contributed by atoms with Gasteiger partial charge in [0.2, 0.25) is 22.9 Å². The number of carbonyl (C=O) groups is 1. The number of carbonyl (C=O) groups excluding carboxylic acids is 1. The minimum atomic E-state index is -0.0423. The minimum absolute atomic E-state index is 0.0421. The van der Waals surface area contributed by atoms with Gasteiger partial charge in [-0.05, 0) is 79.7 Å². The van der Waals surface area contributed by atoms with Crippen molar-refractivity contribution >= 4 is 6.29 Å². The summed E-state index contributed by atoms with van der Waals surface area (Å²) < 4.78 is 9.87. The van der Waals surface area contributed by atoms with Crippen molar-refractivity contribution in [3.8, 4) is 11.8 Å². The van der Waals surface area contributed by atoms with E-state index in [0.717, 1.165) is 61.7 Å². The standard InChI is InChI=1S/C15H19N3O2.C8H12N2O.C7H7NO2/c1-20-15-10-13(5-8-18-15)11-16-6-2-3-12-4-7-17-14(19)9-12;9-4-1-2-7-3-5-10-8(11)6-7;1-10-7-4-6(5-9)2-3-8-7/h4-5,7-10,16H,2-3,6,11H2,1H3,(H,17,19);3,5-6H,1-2,4,9H2,(H,10,11);2-5H,1H3. The molecule has 0 saturated heterocycles. The average molecular weight is 563 g/mol. The highest BCUT2D eigenvalue weighted by Crippen LogP contribution is 2.08. The highest BCUT2D eigenvalue weighted by Gasteiger charge is 1.98. The lowest BCUT2D eigenvalue weighted by Gasteiger charge is -2.06. The molecule has 0 amide bonds. The topological polar surface area (TPSA) is 165 Å². The number of aryl methyl sites for hydroxylation is 2. The summed E-state index contributed by atoms with van der Waals surface area (Å²) in [4.78, 5) is 45.2. The van der Waals surface area contributed by atoms with E-state index in [1.54, 1.807) is 50.0 Å². The highest BCUT2D eigenvalue weighted by atomic mass is 16.5. The molecular weight excluding hydrogens is 524 g/mol. The molecule has 0 unspecified atom stereocenters. The van der Waals surface area contributed by atoms with Gasteiger partial charge in [-0.15, -0.1) is 0 Å². The molecule has 11 nitrogen and oxygen atoms in total. The Labute approximate surface area is 239 Å². The Kier molecular flexibility index (Phi) is 15.5. The molecule has 0 atom stereocenters. The first-order valence-corrected chi connectivity index (χ1v) is 13.2. The summed E-state index contributed by atoms with van der Waals surface area (Å²) in [6.45, 7) is 2.36. The normalized spacial score (nSPS) is 9.93. The van der Waals surface area contributed by atoms with Gasteiger partial charge in [0.1, 0.15) is 6.29 Å². The lowest BCUT2D eigenvalue weighted by Crippen LogP contribution is -2.15. The van der Waals surface area contributed by atoms with Crippen LogP contribution in [0, 0.1) is 0 Å². The van der Waals surface area contributed by atoms with Crippen LogP contribution in [0.1, 0.15) is 39.9 Å². The second kappa shape index (κ2) is 19.4. The third-order valence-corrected chi connectivity index (χ3v) is 5.61. The molecular formula is C30H38N6O5. The number of aromatic nitrogens is 4. The number of H-pyrrole nitrogens is 2. The van der Waals surface area contributed by atoms with Gasteiger partial charge in [-0.3, -0.25) is 14.4 Å². The Hall–Kier alpha value is -4.61. The van der Waals surface area contributed by atoms with Crippen LogP contribution in [-0.4, -0.2) is 53.5 Å². The molecule has 0 aliphatic carbocycles. The Morgan fingerprint density at radius 2 is 1.39 bits per heavy atom. The van der Waals surface area contributed by atoms with Crippen molar-refractivity contribution in [2.75, 3.05) is 27.3 Å². The van der Waals surface area contributed by atoms with E-state index in [4.69, 9.17) is 15.2 Å². The predicted molar refractivity (Wildman–Crippen MR) is 158 cm³/mol. The van der Waals surface area contributed by atoms with Crippen LogP contribution < -0.4 is 31.6 Å². The van der Waals surface area contributed by atoms with Gasteiger partial charge in [0.25, 0.3) is 0 Å². The fourth-order valence-corrected chi connectivity index (χ4v) is 3.53. The highest BCUT2D eigenvalue weighted by molar-refractivity contribution is 5.74. The zero-order valence-corrected chi connectivity index (χ0v) is 23.5. The number of methoxy groups -OCH3 is 2. The number of nitrogens with zero attached hydrogens (tertiary/aromatic N) is 2. The second-order valence-electron chi connectivity index (χ2n) is 8.75. The summed E-state index contributed by atoms with van der Waals surface area (Å²) in [6, 6.07) is 14.2. The van der Waals surface area contributed by atoms with Gasteiger partial charge in [0, 0.05) is 61.2 Å². The fourth-order valence-electron chi connectivity index (χ4n) is 3.53. The van der Waals surface area contributed by atoms with Crippen molar-refractivity contribution in [1.29, 1.82) is 0 Å². The molecule has 0 bridgehead atoms. The van der Waals surface area contributed by atoms with Crippen molar-refractivity contribution in [2.45, 2.75) is 32.2 Å². The number of aldehydes is 1. The molecule has 41 heavy (non-hydrogen) atoms. The van der Waals surface area contributed by atoms with Crippen LogP contribution >= 0.6 is 0 Å². The zero-order valence-electron chi connectivity index (χ0n) is 23.5. The van der Waals surface area contributed by atoms with Gasteiger partial charge in [-0.2, -0.15) is 0 Å². The second-order valence-corrected chi connectivity index (χ2v) is 8.75. The smallest absolute Gasteiger partial charge is 0.248 e. The van der Waals surface area contributed by atoms with Crippen molar-refractivity contribution in [2.24, 2.45) is 5.73 Å². The van der Waals surface area contributed by atoms with Crippen LogP contribution in [0.3, 0.4) is 0 Å². The molecule has 5 N–H and O–H groups in total. The van der Waals surface area contributed by atoms with Gasteiger partial charge in [-0.1, -0.05) is 0 Å². The number of nitrogens with one attached hydrogen (secondary N) is 3. The molecule has 4 heterocycles. The Morgan fingerprint density at radius 3 is 1.95 bits per heavy atom. The van der Waals surface area contributed by atoms with Crippen LogP contribution in [0.15, 0.2) is 82.9 Å². The van der Waals surface area contributed by atoms with Crippen LogP contribution in [0.4, 0.5) is 0 Å². The molecule has 4 rings (SSSR count). The summed E-state index contributed by atoms with van der Waals surface area (Å²) in [5.41, 5.74) is 9.09. The van der Waals surface area contributed by atoms with Crippen molar-refractivity contribution in [3.05, 3.63) is 116 Å². The van der Waals surface area contributed by atoms with Gasteiger partial charge in [-0.25, -0.2) is 9.97 Å². The maximum absolute atomic E-state index is 11.1. The van der Waals surface area contributed by atoms with E-state index in [-0.39, 0.29) is 11.1 Å². The van der Waals surface area contributed by atoms with Crippen LogP contribution in [-0.2, 0) is 19.4 Å². The quantitative estimate of drug-likeness (QED) is 0.150. The lowest BCUT2D eigenvalue weighted by molar-refractivity contribution is 0.112. The summed E-state index contributed by atoms with van der Waals surface area (Å²) in [5, 5.41) is 3.37. The minimum Gasteiger partial charge on any atom is -0.481 e. The van der Waals surface area contributed by atoms with Crippen molar-refractivity contribution in [1.82, 2.24) is 25.3 Å². The van der Waals surface area contributed by atoms with Crippen molar-refractivity contribution in [3.63, 3.8) is 0 Å². The van der Waals surface area contributed by atoms with E-state index in [2.05, 4.69) is 25.3 Å². The van der Waals surface area contributed by atoms with E-state index in [9.17, 15) is 14.4 Å². The summed E-state index contributed by atoms with van der Waals surface area (Å²) in [7, 11) is 3.12. The summed E-state index contributed by atoms with van der Waals surface area (Å²) >= 11 is 0. The number of hydrogen-bond acceptors (Lipinski definition) is 9. The van der Waals surface area contributed by atoms with Crippen LogP contribution in [0.5, 0.6) is 11.8 Å². The Morgan fingerprint density at radius 1 is 0.805 bits per heavy atom. The molecule has 4 aromatic rings. The van der Waals surface area contributed by atoms with Gasteiger partial charge < -0.3 is 30.5 Å². The average Bonchev–Trinajstić information content (AvgIpc) is 3.00. The maximum Gasteiger partial charge on any atom is 0.248 e. The Bertz CT molecular complexity index is 1420. The number of rotatable bonds is 12. The number of ether oxygens (including phenoxy) is 2. The van der Waals surface area contributed by atoms with E-state index < -0.39 is 0 Å². The van der Waals surface area contributed by atoms with E-state index >= 15 is 0 Å². The fraction of sp³-hybridized carbons (Fsp3) is 0.300. The third-order valence-electron chi connectivity index (χ3n) is 5.61. The van der Waals surface area contributed by atoms with Gasteiger partial charge in [0.05, 0.1) is 14.2 Å². The molecule has 0 aromatic carbocycles. The SMILES string of the molecule is COc1cc(C=O)ccn1.COc1cc(CNCCCc2cc[nH]c(=O)c2)ccn1.NCCCc1cc[nH]c(=O)c1. The number of pyridine rings is 4. The third kappa shape index (κ3) is 13.8. The van der Waals surface area contributed by atoms with Gasteiger partial charge in [0.15, 0.2) is 0 Å². The van der Waals surface area contributed by atoms with E-state index in [1.165, 1.54) is 13.3 Å². The predicted octanol–water partition coefficient (Wildman–Crippen LogP) is 2.67. The number of hydrogen-bond donors (Lipinski definition) is 4. The first-order chi connectivity index (χ1) is 20.0. The lowest BCUT2D eigenvalue weighted by atomic mass is 10.1. The molecule has 4 aromatic heterocycles. The molecule has 11 heteroatoms. The number of nitrogens with two attached hydrogens (primary N) is 1. The first-order valence-electron chi connectivity index (χ1n) is 13.2. The summed E-state index contributed by atoms with van der Waals surface area (Å²) in [6.07, 6.45) is 11.1. The van der Waals surface area contributed by atoms with E-state index in [1.807, 2.05) is 24.3 Å². The monoisotopic (exact) mass is 562 g/mol. The molecule has 0 aliphatic heterocycles. The van der Waals surface area contributed by atoms with E-state index in [0.29, 0.717) is 23.9 Å². The largest absolute Gasteiger partial charge is 0.481 e. The Balaban J connectivity index is 0.000000236. The first kappa shape index (κ1) is 32.6. The maximum atomic E-state index is 11.1. The molecule has 0 spiro atoms. The molecule has 0 aliphatic rings. The zero-order chi connectivity index (χ0) is 29.7. The molecule has 0 fully saturated rings. The molecule has 0 saturated carbocycles. The molecule has 0 radical (unpaired) electrons. The van der Waals surface area contributed by atoms with Crippen LogP contribution in [0.2, 0.25) is 0 Å². The van der Waals surface area contributed by atoms with Crippen LogP contribution in [0.25, 0.3) is 0 Å². The number of aromatic amines is 2.